The van der Waals surface area contributed by atoms with Crippen molar-refractivity contribution in [3.8, 4) is 0 Å². The van der Waals surface area contributed by atoms with Gasteiger partial charge in [-0.15, -0.1) is 0 Å². The fraction of sp³-hybridized carbons (Fsp3) is 0.250. The molecular weight excluding hydrogens is 238 g/mol. The lowest BCUT2D eigenvalue weighted by Crippen LogP contribution is -2.21. The zero-order valence-corrected chi connectivity index (χ0v) is 9.35. The molecule has 0 bridgehead atoms. The Hall–Kier alpha value is -1.83. The number of furan rings is 1. The van der Waals surface area contributed by atoms with Gasteiger partial charge in [0.15, 0.2) is 5.76 Å². The van der Waals surface area contributed by atoms with Crippen molar-refractivity contribution >= 4 is 21.8 Å². The molecule has 0 spiro atoms. The van der Waals surface area contributed by atoms with Crippen LogP contribution in [0.4, 0.5) is 0 Å². The van der Waals surface area contributed by atoms with Crippen molar-refractivity contribution in [2.75, 3.05) is 13.4 Å². The minimum absolute atomic E-state index is 0.0514. The summed E-state index contributed by atoms with van der Waals surface area (Å²) >= 11 is 0. The zero-order valence-electron chi connectivity index (χ0n) is 8.54. The molecule has 0 amide bonds. The molecular formula is C8H9NO6S. The molecule has 0 saturated carbocycles. The minimum atomic E-state index is -3.91. The van der Waals surface area contributed by atoms with Gasteiger partial charge in [0.05, 0.1) is 12.5 Å². The molecule has 0 aliphatic rings. The molecule has 0 N–H and O–H groups in total. The Morgan fingerprint density at radius 2 is 2.19 bits per heavy atom. The number of hydrogen-bond acceptors (Lipinski definition) is 7. The first-order valence-corrected chi connectivity index (χ1v) is 5.84. The van der Waals surface area contributed by atoms with Crippen LogP contribution in [0.3, 0.4) is 0 Å². The van der Waals surface area contributed by atoms with E-state index in [1.807, 2.05) is 0 Å². The van der Waals surface area contributed by atoms with Crippen LogP contribution in [0.15, 0.2) is 28.0 Å². The number of carbonyl (C=O) groups excluding carboxylic acids is 1. The smallest absolute Gasteiger partial charge is 0.379 e. The van der Waals surface area contributed by atoms with E-state index in [9.17, 15) is 13.2 Å². The van der Waals surface area contributed by atoms with Crippen LogP contribution < -0.4 is 0 Å². The maximum atomic E-state index is 11.4. The van der Waals surface area contributed by atoms with Gasteiger partial charge in [-0.3, -0.25) is 0 Å². The minimum Gasteiger partial charge on any atom is -0.462 e. The maximum Gasteiger partial charge on any atom is 0.379 e. The third-order valence-corrected chi connectivity index (χ3v) is 1.81. The molecule has 7 nitrogen and oxygen atoms in total. The molecule has 0 atom stereocenters. The molecule has 0 radical (unpaired) electrons. The molecule has 1 aromatic rings. The molecule has 0 aliphatic heterocycles. The SMILES string of the molecule is CO/N=C(\C(=O)OS(C)(=O)=O)c1ccco1. The topological polar surface area (TPSA) is 95.2 Å². The summed E-state index contributed by atoms with van der Waals surface area (Å²) in [6, 6.07) is 2.93. The fourth-order valence-electron chi connectivity index (χ4n) is 0.864. The van der Waals surface area contributed by atoms with Crippen molar-refractivity contribution in [3.63, 3.8) is 0 Å². The van der Waals surface area contributed by atoms with E-state index in [1.54, 1.807) is 0 Å². The summed E-state index contributed by atoms with van der Waals surface area (Å²) in [5.74, 6) is -1.12. The molecule has 1 aromatic heterocycles. The van der Waals surface area contributed by atoms with Crippen LogP contribution in [-0.2, 0) is 23.9 Å². The van der Waals surface area contributed by atoms with E-state index in [0.29, 0.717) is 0 Å². The average molecular weight is 247 g/mol. The molecule has 8 heteroatoms. The van der Waals surface area contributed by atoms with E-state index in [4.69, 9.17) is 4.42 Å². The quantitative estimate of drug-likeness (QED) is 0.426. The van der Waals surface area contributed by atoms with E-state index in [-0.39, 0.29) is 11.5 Å². The monoisotopic (exact) mass is 247 g/mol. The normalized spacial score (nSPS) is 12.2. The van der Waals surface area contributed by atoms with Gasteiger partial charge in [-0.2, -0.15) is 8.42 Å². The highest BCUT2D eigenvalue weighted by Crippen LogP contribution is 2.06. The lowest BCUT2D eigenvalue weighted by atomic mass is 10.3. The van der Waals surface area contributed by atoms with Gasteiger partial charge in [-0.05, 0) is 12.1 Å². The van der Waals surface area contributed by atoms with Crippen molar-refractivity contribution in [2.45, 2.75) is 0 Å². The van der Waals surface area contributed by atoms with Crippen molar-refractivity contribution in [2.24, 2.45) is 5.16 Å². The van der Waals surface area contributed by atoms with E-state index in [0.717, 1.165) is 6.26 Å². The largest absolute Gasteiger partial charge is 0.462 e. The van der Waals surface area contributed by atoms with E-state index < -0.39 is 16.1 Å². The summed E-state index contributed by atoms with van der Waals surface area (Å²) in [4.78, 5) is 15.8. The second kappa shape index (κ2) is 4.79. The van der Waals surface area contributed by atoms with Crippen molar-refractivity contribution in [1.29, 1.82) is 0 Å². The van der Waals surface area contributed by atoms with Crippen LogP contribution >= 0.6 is 0 Å². The first kappa shape index (κ1) is 12.2. The van der Waals surface area contributed by atoms with Gasteiger partial charge in [0.25, 0.3) is 0 Å². The van der Waals surface area contributed by atoms with Gasteiger partial charge >= 0.3 is 16.1 Å². The highest BCUT2D eigenvalue weighted by molar-refractivity contribution is 7.86. The van der Waals surface area contributed by atoms with Crippen LogP contribution in [0.1, 0.15) is 5.76 Å². The van der Waals surface area contributed by atoms with E-state index >= 15 is 0 Å². The van der Waals surface area contributed by atoms with Gasteiger partial charge in [0.1, 0.15) is 7.11 Å². The molecule has 16 heavy (non-hydrogen) atoms. The molecule has 1 rings (SSSR count). The Balaban J connectivity index is 2.97. The molecule has 0 aromatic carbocycles. The summed E-state index contributed by atoms with van der Waals surface area (Å²) in [5, 5.41) is 3.33. The Morgan fingerprint density at radius 1 is 1.50 bits per heavy atom. The molecule has 1 heterocycles. The first-order chi connectivity index (χ1) is 7.44. The molecule has 0 aliphatic carbocycles. The predicted molar refractivity (Wildman–Crippen MR) is 53.2 cm³/mol. The lowest BCUT2D eigenvalue weighted by Gasteiger charge is -2.01. The van der Waals surface area contributed by atoms with Crippen molar-refractivity contribution < 1.29 is 26.7 Å². The van der Waals surface area contributed by atoms with E-state index in [1.165, 1.54) is 25.5 Å². The Morgan fingerprint density at radius 3 is 2.62 bits per heavy atom. The number of carbonyl (C=O) groups is 1. The number of nitrogens with zero attached hydrogens (tertiary/aromatic N) is 1. The van der Waals surface area contributed by atoms with Gasteiger partial charge < -0.3 is 13.4 Å². The Bertz CT molecular complexity index is 487. The Labute approximate surface area is 91.8 Å². The number of hydrogen-bond donors (Lipinski definition) is 0. The Kier molecular flexibility index (Phi) is 3.67. The van der Waals surface area contributed by atoms with E-state index in [2.05, 4.69) is 14.2 Å². The fourth-order valence-corrected chi connectivity index (χ4v) is 1.22. The molecule has 88 valence electrons. The summed E-state index contributed by atoms with van der Waals surface area (Å²) < 4.78 is 30.5. The van der Waals surface area contributed by atoms with Gasteiger partial charge in [-0.1, -0.05) is 5.16 Å². The van der Waals surface area contributed by atoms with Crippen molar-refractivity contribution in [3.05, 3.63) is 24.2 Å². The molecule has 0 saturated heterocycles. The standard InChI is InChI=1S/C8H9NO6S/c1-13-9-7(6-4-3-5-14-6)8(10)15-16(2,11)12/h3-5H,1-2H3/b9-7-. The number of rotatable bonds is 4. The van der Waals surface area contributed by atoms with Crippen LogP contribution in [0.2, 0.25) is 0 Å². The highest BCUT2D eigenvalue weighted by atomic mass is 32.2. The lowest BCUT2D eigenvalue weighted by molar-refractivity contribution is -0.126. The van der Waals surface area contributed by atoms with Crippen molar-refractivity contribution in [1.82, 2.24) is 0 Å². The van der Waals surface area contributed by atoms with Crippen LogP contribution in [0.5, 0.6) is 0 Å². The third kappa shape index (κ3) is 3.39. The average Bonchev–Trinajstić information content (AvgIpc) is 2.63. The first-order valence-electron chi connectivity index (χ1n) is 4.03. The zero-order chi connectivity index (χ0) is 12.2. The summed E-state index contributed by atoms with van der Waals surface area (Å²) in [7, 11) is -2.70. The molecule has 0 fully saturated rings. The summed E-state index contributed by atoms with van der Waals surface area (Å²) in [6.45, 7) is 0. The van der Waals surface area contributed by atoms with Crippen LogP contribution in [-0.4, -0.2) is 33.5 Å². The third-order valence-electron chi connectivity index (χ3n) is 1.36. The van der Waals surface area contributed by atoms with Gasteiger partial charge in [0.2, 0.25) is 5.71 Å². The van der Waals surface area contributed by atoms with Gasteiger partial charge in [-0.25, -0.2) is 4.79 Å². The predicted octanol–water partition coefficient (Wildman–Crippen LogP) is 0.133. The summed E-state index contributed by atoms with van der Waals surface area (Å²) in [5.41, 5.74) is -0.363. The second-order valence-electron chi connectivity index (χ2n) is 2.67. The van der Waals surface area contributed by atoms with Gasteiger partial charge in [0, 0.05) is 0 Å². The second-order valence-corrected chi connectivity index (χ2v) is 4.25. The molecule has 0 unspecified atom stereocenters. The van der Waals surface area contributed by atoms with Crippen LogP contribution in [0.25, 0.3) is 0 Å². The maximum absolute atomic E-state index is 11.4. The van der Waals surface area contributed by atoms with Crippen LogP contribution in [0, 0.1) is 0 Å². The summed E-state index contributed by atoms with van der Waals surface area (Å²) in [6.07, 6.45) is 2.05. The highest BCUT2D eigenvalue weighted by Gasteiger charge is 2.23. The number of oxime groups is 1.